The minimum Gasteiger partial charge on any atom is -0.306 e. The van der Waals surface area contributed by atoms with Gasteiger partial charge in [0.05, 0.1) is 0 Å². The Bertz CT molecular complexity index is 421. The smallest absolute Gasteiger partial charge is 0.0442 e. The highest BCUT2D eigenvalue weighted by atomic mass is 15.1. The third-order valence-corrected chi connectivity index (χ3v) is 3.94. The number of pyridine rings is 1. The third-order valence-electron chi connectivity index (χ3n) is 3.94. The minimum absolute atomic E-state index is 0.688. The van der Waals surface area contributed by atoms with Crippen molar-refractivity contribution in [2.24, 2.45) is 5.92 Å². The van der Waals surface area contributed by atoms with Gasteiger partial charge in [0, 0.05) is 17.4 Å². The van der Waals surface area contributed by atoms with Gasteiger partial charge in [-0.15, -0.1) is 0 Å². The van der Waals surface area contributed by atoms with Crippen LogP contribution in [0.4, 0.5) is 0 Å². The van der Waals surface area contributed by atoms with Crippen molar-refractivity contribution in [2.75, 3.05) is 14.1 Å². The van der Waals surface area contributed by atoms with Gasteiger partial charge in [-0.1, -0.05) is 13.8 Å². The van der Waals surface area contributed by atoms with Gasteiger partial charge in [0.2, 0.25) is 0 Å². The van der Waals surface area contributed by atoms with Crippen molar-refractivity contribution in [1.29, 1.82) is 0 Å². The standard InChI is InChI=1S/C16H26N2/c1-11(2)8-13-9-12(3)17-16-7-6-14(18(4)5)10-15(13)16/h9,11,14H,6-8,10H2,1-5H3. The Labute approximate surface area is 111 Å². The van der Waals surface area contributed by atoms with Crippen molar-refractivity contribution in [1.82, 2.24) is 9.88 Å². The van der Waals surface area contributed by atoms with E-state index in [4.69, 9.17) is 4.98 Å². The lowest BCUT2D eigenvalue weighted by atomic mass is 9.85. The van der Waals surface area contributed by atoms with Crippen LogP contribution in [0.1, 0.15) is 42.8 Å². The Balaban J connectivity index is 2.34. The summed E-state index contributed by atoms with van der Waals surface area (Å²) in [4.78, 5) is 7.12. The first-order valence-corrected chi connectivity index (χ1v) is 7.12. The average molecular weight is 246 g/mol. The summed E-state index contributed by atoms with van der Waals surface area (Å²) < 4.78 is 0. The number of hydrogen-bond acceptors (Lipinski definition) is 2. The molecule has 1 atom stereocenters. The van der Waals surface area contributed by atoms with Crippen molar-refractivity contribution in [2.45, 2.75) is 52.5 Å². The highest BCUT2D eigenvalue weighted by molar-refractivity contribution is 5.35. The maximum atomic E-state index is 4.76. The summed E-state index contributed by atoms with van der Waals surface area (Å²) in [5, 5.41) is 0. The molecule has 1 aromatic heterocycles. The molecule has 1 aliphatic carbocycles. The molecule has 100 valence electrons. The van der Waals surface area contributed by atoms with E-state index in [-0.39, 0.29) is 0 Å². The summed E-state index contributed by atoms with van der Waals surface area (Å²) in [6, 6.07) is 2.99. The minimum atomic E-state index is 0.688. The predicted octanol–water partition coefficient (Wildman–Crippen LogP) is 3.01. The molecule has 0 fully saturated rings. The zero-order valence-electron chi connectivity index (χ0n) is 12.5. The number of hydrogen-bond donors (Lipinski definition) is 0. The Morgan fingerprint density at radius 1 is 1.39 bits per heavy atom. The van der Waals surface area contributed by atoms with Gasteiger partial charge in [-0.2, -0.15) is 0 Å². The van der Waals surface area contributed by atoms with Crippen molar-refractivity contribution >= 4 is 0 Å². The maximum absolute atomic E-state index is 4.76. The molecule has 1 aliphatic rings. The molecule has 0 bridgehead atoms. The number of nitrogens with zero attached hydrogens (tertiary/aromatic N) is 2. The van der Waals surface area contributed by atoms with Crippen LogP contribution in [-0.4, -0.2) is 30.0 Å². The normalized spacial score (nSPS) is 19.4. The lowest BCUT2D eigenvalue weighted by molar-refractivity contribution is 0.266. The van der Waals surface area contributed by atoms with Crippen molar-refractivity contribution in [3.05, 3.63) is 28.6 Å². The lowest BCUT2D eigenvalue weighted by Gasteiger charge is -2.31. The van der Waals surface area contributed by atoms with Crippen LogP contribution in [0.3, 0.4) is 0 Å². The molecule has 1 heterocycles. The van der Waals surface area contributed by atoms with Gasteiger partial charge in [-0.3, -0.25) is 4.98 Å². The molecule has 0 spiro atoms. The molecule has 2 nitrogen and oxygen atoms in total. The Hall–Kier alpha value is -0.890. The third kappa shape index (κ3) is 2.92. The fraction of sp³-hybridized carbons (Fsp3) is 0.688. The van der Waals surface area contributed by atoms with Crippen LogP contribution >= 0.6 is 0 Å². The van der Waals surface area contributed by atoms with Crippen LogP contribution in [0.15, 0.2) is 6.07 Å². The predicted molar refractivity (Wildman–Crippen MR) is 77.0 cm³/mol. The summed E-state index contributed by atoms with van der Waals surface area (Å²) in [7, 11) is 4.39. The molecule has 0 amide bonds. The number of fused-ring (bicyclic) bond motifs is 1. The van der Waals surface area contributed by atoms with Crippen LogP contribution < -0.4 is 0 Å². The van der Waals surface area contributed by atoms with Crippen LogP contribution in [-0.2, 0) is 19.3 Å². The van der Waals surface area contributed by atoms with Gasteiger partial charge in [-0.25, -0.2) is 0 Å². The second kappa shape index (κ2) is 5.40. The first-order chi connectivity index (χ1) is 8.47. The van der Waals surface area contributed by atoms with E-state index in [2.05, 4.69) is 45.8 Å². The molecular formula is C16H26N2. The highest BCUT2D eigenvalue weighted by Gasteiger charge is 2.23. The van der Waals surface area contributed by atoms with Gasteiger partial charge >= 0.3 is 0 Å². The molecule has 0 aliphatic heterocycles. The molecule has 0 saturated heterocycles. The topological polar surface area (TPSA) is 16.1 Å². The first kappa shape index (κ1) is 13.5. The van der Waals surface area contributed by atoms with Crippen molar-refractivity contribution in [3.63, 3.8) is 0 Å². The molecule has 0 N–H and O–H groups in total. The second-order valence-corrected chi connectivity index (χ2v) is 6.31. The van der Waals surface area contributed by atoms with Crippen molar-refractivity contribution < 1.29 is 0 Å². The van der Waals surface area contributed by atoms with Gasteiger partial charge in [0.25, 0.3) is 0 Å². The monoisotopic (exact) mass is 246 g/mol. The second-order valence-electron chi connectivity index (χ2n) is 6.31. The maximum Gasteiger partial charge on any atom is 0.0442 e. The zero-order chi connectivity index (χ0) is 13.3. The molecule has 0 aromatic carbocycles. The van der Waals surface area contributed by atoms with Crippen LogP contribution in [0.2, 0.25) is 0 Å². The molecule has 2 heteroatoms. The van der Waals surface area contributed by atoms with E-state index in [1.807, 2.05) is 0 Å². The summed E-state index contributed by atoms with van der Waals surface area (Å²) in [6.07, 6.45) is 4.76. The molecule has 1 aromatic rings. The van der Waals surface area contributed by atoms with Gasteiger partial charge < -0.3 is 4.90 Å². The van der Waals surface area contributed by atoms with E-state index in [0.717, 1.165) is 12.3 Å². The summed E-state index contributed by atoms with van der Waals surface area (Å²) in [5.41, 5.74) is 5.63. The van der Waals surface area contributed by atoms with E-state index in [0.29, 0.717) is 6.04 Å². The van der Waals surface area contributed by atoms with E-state index in [9.17, 15) is 0 Å². The lowest BCUT2D eigenvalue weighted by Crippen LogP contribution is -2.34. The Morgan fingerprint density at radius 3 is 2.72 bits per heavy atom. The van der Waals surface area contributed by atoms with E-state index in [1.54, 1.807) is 11.1 Å². The Kier molecular flexibility index (Phi) is 4.06. The van der Waals surface area contributed by atoms with Crippen LogP contribution in [0, 0.1) is 12.8 Å². The fourth-order valence-electron chi connectivity index (χ4n) is 3.00. The van der Waals surface area contributed by atoms with Crippen LogP contribution in [0.5, 0.6) is 0 Å². The van der Waals surface area contributed by atoms with Gasteiger partial charge in [-0.05, 0) is 69.8 Å². The molecule has 18 heavy (non-hydrogen) atoms. The fourth-order valence-corrected chi connectivity index (χ4v) is 3.00. The Morgan fingerprint density at radius 2 is 2.11 bits per heavy atom. The largest absolute Gasteiger partial charge is 0.306 e. The molecule has 0 radical (unpaired) electrons. The first-order valence-electron chi connectivity index (χ1n) is 7.12. The number of rotatable bonds is 3. The SMILES string of the molecule is Cc1cc(CC(C)C)c2c(n1)CCC(N(C)C)C2. The van der Waals surface area contributed by atoms with E-state index in [1.165, 1.54) is 30.7 Å². The molecular weight excluding hydrogens is 220 g/mol. The van der Waals surface area contributed by atoms with E-state index < -0.39 is 0 Å². The van der Waals surface area contributed by atoms with E-state index >= 15 is 0 Å². The number of aromatic nitrogens is 1. The molecule has 2 rings (SSSR count). The number of likely N-dealkylation sites (N-methyl/N-ethyl adjacent to an activating group) is 1. The van der Waals surface area contributed by atoms with Gasteiger partial charge in [0.1, 0.15) is 0 Å². The summed E-state index contributed by atoms with van der Waals surface area (Å²) in [6.45, 7) is 6.73. The average Bonchev–Trinajstić information content (AvgIpc) is 2.27. The quantitative estimate of drug-likeness (QED) is 0.815. The molecule has 1 unspecified atom stereocenters. The van der Waals surface area contributed by atoms with Crippen molar-refractivity contribution in [3.8, 4) is 0 Å². The summed E-state index contributed by atoms with van der Waals surface area (Å²) >= 11 is 0. The summed E-state index contributed by atoms with van der Waals surface area (Å²) in [5.74, 6) is 0.718. The number of aryl methyl sites for hydroxylation is 2. The molecule has 0 saturated carbocycles. The van der Waals surface area contributed by atoms with Gasteiger partial charge in [0.15, 0.2) is 0 Å². The van der Waals surface area contributed by atoms with Crippen LogP contribution in [0.25, 0.3) is 0 Å². The highest BCUT2D eigenvalue weighted by Crippen LogP contribution is 2.27. The zero-order valence-corrected chi connectivity index (χ0v) is 12.5.